The molecular weight excluding hydrogens is 338 g/mol. The number of benzene rings is 2. The van der Waals surface area contributed by atoms with Crippen LogP contribution in [0.15, 0.2) is 48.5 Å². The van der Waals surface area contributed by atoms with Crippen molar-refractivity contribution in [1.82, 2.24) is 9.88 Å². The third-order valence-electron chi connectivity index (χ3n) is 3.91. The van der Waals surface area contributed by atoms with Gasteiger partial charge in [0.05, 0.1) is 23.4 Å². The van der Waals surface area contributed by atoms with Crippen LogP contribution < -0.4 is 10.1 Å². The van der Waals surface area contributed by atoms with Gasteiger partial charge >= 0.3 is 0 Å². The molecule has 0 bridgehead atoms. The predicted octanol–water partition coefficient (Wildman–Crippen LogP) is 4.69. The Kier molecular flexibility index (Phi) is 4.97. The molecule has 6 heteroatoms. The van der Waals surface area contributed by atoms with Gasteiger partial charge in [-0.15, -0.1) is 11.3 Å². The highest BCUT2D eigenvalue weighted by Gasteiger charge is 2.18. The van der Waals surface area contributed by atoms with Gasteiger partial charge in [-0.1, -0.05) is 12.1 Å². The van der Waals surface area contributed by atoms with Gasteiger partial charge in [-0.05, 0) is 55.5 Å². The number of anilines is 1. The van der Waals surface area contributed by atoms with Crippen molar-refractivity contribution in [2.45, 2.75) is 13.0 Å². The average molecular weight is 358 g/mol. The summed E-state index contributed by atoms with van der Waals surface area (Å²) < 4.78 is 6.36. The maximum Gasteiger partial charge on any atom is 0.173 e. The third-order valence-corrected chi connectivity index (χ3v) is 5.51. The average Bonchev–Trinajstić information content (AvgIpc) is 3.05. The lowest BCUT2D eigenvalue weighted by atomic mass is 10.3. The summed E-state index contributed by atoms with van der Waals surface area (Å²) in [5.74, 6) is 0.822. The van der Waals surface area contributed by atoms with Crippen molar-refractivity contribution in [2.24, 2.45) is 0 Å². The molecule has 0 aliphatic rings. The van der Waals surface area contributed by atoms with Crippen LogP contribution >= 0.6 is 23.6 Å². The highest BCUT2D eigenvalue weighted by atomic mass is 32.1. The molecule has 4 nitrogen and oxygen atoms in total. The fourth-order valence-electron chi connectivity index (χ4n) is 2.30. The maximum atomic E-state index is 5.54. The molecular formula is C18H19N3OS2. The first-order chi connectivity index (χ1) is 11.6. The molecule has 0 saturated carbocycles. The summed E-state index contributed by atoms with van der Waals surface area (Å²) >= 11 is 7.24. The van der Waals surface area contributed by atoms with E-state index in [2.05, 4.69) is 18.3 Å². The van der Waals surface area contributed by atoms with Gasteiger partial charge < -0.3 is 15.0 Å². The van der Waals surface area contributed by atoms with Crippen molar-refractivity contribution < 1.29 is 4.74 Å². The summed E-state index contributed by atoms with van der Waals surface area (Å²) in [5, 5.41) is 4.97. The van der Waals surface area contributed by atoms with E-state index in [-0.39, 0.29) is 6.04 Å². The summed E-state index contributed by atoms with van der Waals surface area (Å²) in [7, 11) is 3.64. The maximum absolute atomic E-state index is 5.54. The molecule has 1 heterocycles. The molecule has 3 aromatic rings. The van der Waals surface area contributed by atoms with Crippen molar-refractivity contribution in [1.29, 1.82) is 0 Å². The van der Waals surface area contributed by atoms with Gasteiger partial charge in [0.1, 0.15) is 10.8 Å². The molecule has 3 rings (SSSR count). The van der Waals surface area contributed by atoms with Gasteiger partial charge in [0.25, 0.3) is 0 Å². The Morgan fingerprint density at radius 1 is 1.21 bits per heavy atom. The molecule has 0 amide bonds. The Morgan fingerprint density at radius 2 is 1.92 bits per heavy atom. The molecule has 0 fully saturated rings. The van der Waals surface area contributed by atoms with Crippen molar-refractivity contribution in [3.8, 4) is 5.75 Å². The van der Waals surface area contributed by atoms with E-state index in [9.17, 15) is 0 Å². The quantitative estimate of drug-likeness (QED) is 0.685. The Labute approximate surface area is 151 Å². The SMILES string of the molecule is COc1ccc(NC(=S)N(C)[C@@H](C)c2nc3ccccc3s2)cc1. The van der Waals surface area contributed by atoms with E-state index in [4.69, 9.17) is 21.9 Å². The number of fused-ring (bicyclic) bond motifs is 1. The second kappa shape index (κ2) is 7.15. The number of methoxy groups -OCH3 is 1. The number of para-hydroxylation sites is 1. The smallest absolute Gasteiger partial charge is 0.173 e. The first-order valence-corrected chi connectivity index (χ1v) is 8.84. The molecule has 0 saturated heterocycles. The van der Waals surface area contributed by atoms with Crippen LogP contribution in [0.1, 0.15) is 18.0 Å². The lowest BCUT2D eigenvalue weighted by Crippen LogP contribution is -2.33. The fourth-order valence-corrected chi connectivity index (χ4v) is 3.64. The molecule has 0 spiro atoms. The summed E-state index contributed by atoms with van der Waals surface area (Å²) in [4.78, 5) is 6.74. The van der Waals surface area contributed by atoms with Gasteiger partial charge in [0.15, 0.2) is 5.11 Å². The van der Waals surface area contributed by atoms with E-state index >= 15 is 0 Å². The Hall–Kier alpha value is -2.18. The van der Waals surface area contributed by atoms with Gasteiger partial charge in [0.2, 0.25) is 0 Å². The van der Waals surface area contributed by atoms with Gasteiger partial charge in [-0.25, -0.2) is 4.98 Å². The van der Waals surface area contributed by atoms with Gasteiger partial charge in [0, 0.05) is 12.7 Å². The predicted molar refractivity (Wildman–Crippen MR) is 105 cm³/mol. The van der Waals surface area contributed by atoms with Crippen molar-refractivity contribution in [3.63, 3.8) is 0 Å². The zero-order valence-corrected chi connectivity index (χ0v) is 15.4. The number of rotatable bonds is 4. The van der Waals surface area contributed by atoms with Gasteiger partial charge in [-0.2, -0.15) is 0 Å². The van der Waals surface area contributed by atoms with Gasteiger partial charge in [-0.3, -0.25) is 0 Å². The zero-order chi connectivity index (χ0) is 17.1. The lowest BCUT2D eigenvalue weighted by molar-refractivity contribution is 0.407. The second-order valence-corrected chi connectivity index (χ2v) is 6.91. The minimum absolute atomic E-state index is 0.0978. The Bertz CT molecular complexity index is 812. The number of nitrogens with one attached hydrogen (secondary N) is 1. The zero-order valence-electron chi connectivity index (χ0n) is 13.8. The summed E-state index contributed by atoms with van der Waals surface area (Å²) in [6.45, 7) is 2.11. The number of hydrogen-bond donors (Lipinski definition) is 1. The molecule has 1 atom stereocenters. The minimum atomic E-state index is 0.0978. The van der Waals surface area contributed by atoms with Crippen LogP contribution in [0.3, 0.4) is 0 Å². The summed E-state index contributed by atoms with van der Waals surface area (Å²) in [6, 6.07) is 16.0. The molecule has 1 N–H and O–H groups in total. The van der Waals surface area contributed by atoms with Crippen LogP contribution in [0.25, 0.3) is 10.2 Å². The molecule has 0 aliphatic heterocycles. The third kappa shape index (κ3) is 3.49. The van der Waals surface area contributed by atoms with Crippen LogP contribution in [0, 0.1) is 0 Å². The van der Waals surface area contributed by atoms with Crippen molar-refractivity contribution >= 4 is 44.6 Å². The van der Waals surface area contributed by atoms with Crippen molar-refractivity contribution in [3.05, 3.63) is 53.5 Å². The fraction of sp³-hybridized carbons (Fsp3) is 0.222. The van der Waals surface area contributed by atoms with E-state index in [1.165, 1.54) is 4.70 Å². The number of thiazole rings is 1. The van der Waals surface area contributed by atoms with Crippen LogP contribution in [-0.2, 0) is 0 Å². The number of thiocarbonyl (C=S) groups is 1. The van der Waals surface area contributed by atoms with Crippen LogP contribution in [0.2, 0.25) is 0 Å². The highest BCUT2D eigenvalue weighted by Crippen LogP contribution is 2.29. The van der Waals surface area contributed by atoms with Crippen LogP contribution in [0.5, 0.6) is 5.75 Å². The second-order valence-electron chi connectivity index (χ2n) is 5.47. The van der Waals surface area contributed by atoms with E-state index in [1.807, 2.05) is 54.4 Å². The number of nitrogens with zero attached hydrogens (tertiary/aromatic N) is 2. The molecule has 0 radical (unpaired) electrons. The lowest BCUT2D eigenvalue weighted by Gasteiger charge is -2.26. The number of ether oxygens (including phenoxy) is 1. The van der Waals surface area contributed by atoms with E-state index in [0.717, 1.165) is 22.0 Å². The minimum Gasteiger partial charge on any atom is -0.497 e. The van der Waals surface area contributed by atoms with Crippen molar-refractivity contribution in [2.75, 3.05) is 19.5 Å². The molecule has 0 aliphatic carbocycles. The number of aromatic nitrogens is 1. The molecule has 2 aromatic carbocycles. The molecule has 1 aromatic heterocycles. The highest BCUT2D eigenvalue weighted by molar-refractivity contribution is 7.80. The first-order valence-electron chi connectivity index (χ1n) is 7.62. The summed E-state index contributed by atoms with van der Waals surface area (Å²) in [6.07, 6.45) is 0. The van der Waals surface area contributed by atoms with E-state index in [0.29, 0.717) is 5.11 Å². The van der Waals surface area contributed by atoms with Crippen LogP contribution in [-0.4, -0.2) is 29.2 Å². The molecule has 0 unspecified atom stereocenters. The normalized spacial score (nSPS) is 12.0. The van der Waals surface area contributed by atoms with Crippen LogP contribution in [0.4, 0.5) is 5.69 Å². The molecule has 24 heavy (non-hydrogen) atoms. The standard InChI is InChI=1S/C18H19N3OS2/c1-12(17-20-15-6-4-5-7-16(15)24-17)21(2)18(23)19-13-8-10-14(22-3)11-9-13/h4-12H,1-3H3,(H,19,23)/t12-/m0/s1. The monoisotopic (exact) mass is 357 g/mol. The first kappa shape index (κ1) is 16.7. The van der Waals surface area contributed by atoms with E-state index in [1.54, 1.807) is 18.4 Å². The topological polar surface area (TPSA) is 37.4 Å². The Morgan fingerprint density at radius 3 is 2.58 bits per heavy atom. The Balaban J connectivity index is 1.71. The summed E-state index contributed by atoms with van der Waals surface area (Å²) in [5.41, 5.74) is 1.97. The molecule has 124 valence electrons. The number of hydrogen-bond acceptors (Lipinski definition) is 4. The largest absolute Gasteiger partial charge is 0.497 e. The van der Waals surface area contributed by atoms with E-state index < -0.39 is 0 Å².